The highest BCUT2D eigenvalue weighted by Crippen LogP contribution is 2.27. The lowest BCUT2D eigenvalue weighted by Crippen LogP contribution is -2.24. The zero-order valence-corrected chi connectivity index (χ0v) is 13.8. The molecule has 2 heterocycles. The Morgan fingerprint density at radius 3 is 2.76 bits per heavy atom. The number of imidazole rings is 1. The van der Waals surface area contributed by atoms with E-state index < -0.39 is 0 Å². The number of aryl methyl sites for hydroxylation is 1. The molecule has 0 saturated heterocycles. The van der Waals surface area contributed by atoms with Crippen LogP contribution >= 0.6 is 0 Å². The third-order valence-corrected chi connectivity index (χ3v) is 4.30. The van der Waals surface area contributed by atoms with Crippen LogP contribution in [0.2, 0.25) is 0 Å². The number of carbonyl (C=O) groups is 1. The molecule has 126 valence electrons. The maximum Gasteiger partial charge on any atom is 0.275 e. The minimum Gasteiger partial charge on any atom is -0.387 e. The number of carbonyl (C=O) groups excluding carboxylic acids is 1. The number of oxime groups is 1. The Labute approximate surface area is 145 Å². The highest BCUT2D eigenvalue weighted by molar-refractivity contribution is 6.43. The molecule has 1 atom stereocenters. The van der Waals surface area contributed by atoms with Crippen LogP contribution in [0, 0.1) is 0 Å². The van der Waals surface area contributed by atoms with Crippen LogP contribution < -0.4 is 5.32 Å². The molecule has 3 aromatic rings. The molecule has 4 rings (SSSR count). The highest BCUT2D eigenvalue weighted by Gasteiger charge is 2.28. The Morgan fingerprint density at radius 1 is 1.20 bits per heavy atom. The normalized spacial score (nSPS) is 16.5. The van der Waals surface area contributed by atoms with Gasteiger partial charge in [-0.15, -0.1) is 0 Å². The SMILES string of the molecule is CCn1c(NC(=O)C2=NO[C@H](c3ccccc3)C2)nc2ccccc21. The van der Waals surface area contributed by atoms with Gasteiger partial charge >= 0.3 is 0 Å². The molecule has 1 amide bonds. The van der Waals surface area contributed by atoms with Crippen molar-refractivity contribution in [1.82, 2.24) is 9.55 Å². The molecule has 1 N–H and O–H groups in total. The second-order valence-electron chi connectivity index (χ2n) is 5.87. The van der Waals surface area contributed by atoms with Gasteiger partial charge in [-0.1, -0.05) is 47.6 Å². The van der Waals surface area contributed by atoms with Crippen LogP contribution in [0.3, 0.4) is 0 Å². The number of hydrogen-bond donors (Lipinski definition) is 1. The molecular formula is C19H18N4O2. The van der Waals surface area contributed by atoms with Crippen LogP contribution in [0.4, 0.5) is 5.95 Å². The van der Waals surface area contributed by atoms with Crippen molar-refractivity contribution in [2.75, 3.05) is 5.32 Å². The highest BCUT2D eigenvalue weighted by atomic mass is 16.6. The van der Waals surface area contributed by atoms with Gasteiger partial charge in [-0.2, -0.15) is 0 Å². The van der Waals surface area contributed by atoms with Gasteiger partial charge in [0.05, 0.1) is 11.0 Å². The molecule has 0 aliphatic carbocycles. The summed E-state index contributed by atoms with van der Waals surface area (Å²) in [6.45, 7) is 2.73. The second kappa shape index (κ2) is 6.39. The van der Waals surface area contributed by atoms with Crippen molar-refractivity contribution in [3.05, 3.63) is 60.2 Å². The number of benzene rings is 2. The van der Waals surface area contributed by atoms with Gasteiger partial charge in [0, 0.05) is 13.0 Å². The van der Waals surface area contributed by atoms with Crippen LogP contribution in [0.1, 0.15) is 25.0 Å². The number of nitrogens with zero attached hydrogens (tertiary/aromatic N) is 3. The summed E-state index contributed by atoms with van der Waals surface area (Å²) in [7, 11) is 0. The summed E-state index contributed by atoms with van der Waals surface area (Å²) < 4.78 is 1.97. The zero-order valence-electron chi connectivity index (χ0n) is 13.8. The van der Waals surface area contributed by atoms with Crippen LogP contribution in [-0.4, -0.2) is 21.2 Å². The van der Waals surface area contributed by atoms with Gasteiger partial charge in [-0.05, 0) is 24.6 Å². The fourth-order valence-electron chi connectivity index (χ4n) is 3.02. The van der Waals surface area contributed by atoms with Crippen LogP contribution in [0.15, 0.2) is 59.8 Å². The van der Waals surface area contributed by atoms with Crippen molar-refractivity contribution < 1.29 is 9.63 Å². The van der Waals surface area contributed by atoms with Crippen molar-refractivity contribution in [2.24, 2.45) is 5.16 Å². The summed E-state index contributed by atoms with van der Waals surface area (Å²) in [4.78, 5) is 22.5. The van der Waals surface area contributed by atoms with Crippen molar-refractivity contribution in [3.8, 4) is 0 Å². The summed E-state index contributed by atoms with van der Waals surface area (Å²) in [5.74, 6) is 0.253. The summed E-state index contributed by atoms with van der Waals surface area (Å²) in [6, 6.07) is 17.6. The Balaban J connectivity index is 1.51. The maximum atomic E-state index is 12.6. The summed E-state index contributed by atoms with van der Waals surface area (Å²) in [5.41, 5.74) is 3.23. The van der Waals surface area contributed by atoms with Gasteiger partial charge in [0.25, 0.3) is 5.91 Å². The van der Waals surface area contributed by atoms with E-state index in [0.29, 0.717) is 24.6 Å². The van der Waals surface area contributed by atoms with Gasteiger partial charge in [0.2, 0.25) is 5.95 Å². The number of hydrogen-bond acceptors (Lipinski definition) is 4. The quantitative estimate of drug-likeness (QED) is 0.794. The minimum atomic E-state index is -0.275. The molecule has 6 nitrogen and oxygen atoms in total. The Bertz CT molecular complexity index is 946. The molecule has 0 saturated carbocycles. The first kappa shape index (κ1) is 15.4. The largest absolute Gasteiger partial charge is 0.387 e. The van der Waals surface area contributed by atoms with Crippen LogP contribution in [0.5, 0.6) is 0 Å². The van der Waals surface area contributed by atoms with Gasteiger partial charge in [0.15, 0.2) is 6.10 Å². The van der Waals surface area contributed by atoms with E-state index in [1.54, 1.807) is 0 Å². The third kappa shape index (κ3) is 2.87. The monoisotopic (exact) mass is 334 g/mol. The van der Waals surface area contributed by atoms with E-state index >= 15 is 0 Å². The Morgan fingerprint density at radius 2 is 1.96 bits per heavy atom. The van der Waals surface area contributed by atoms with E-state index in [-0.39, 0.29) is 12.0 Å². The van der Waals surface area contributed by atoms with E-state index in [1.165, 1.54) is 0 Å². The second-order valence-corrected chi connectivity index (χ2v) is 5.87. The molecule has 25 heavy (non-hydrogen) atoms. The van der Waals surface area contributed by atoms with E-state index in [9.17, 15) is 4.79 Å². The molecule has 6 heteroatoms. The first-order valence-electron chi connectivity index (χ1n) is 8.30. The van der Waals surface area contributed by atoms with E-state index in [0.717, 1.165) is 16.6 Å². The summed E-state index contributed by atoms with van der Waals surface area (Å²) >= 11 is 0. The van der Waals surface area contributed by atoms with Crippen molar-refractivity contribution in [2.45, 2.75) is 26.0 Å². The predicted molar refractivity (Wildman–Crippen MR) is 96.4 cm³/mol. The molecule has 1 aromatic heterocycles. The molecule has 0 spiro atoms. The fourth-order valence-corrected chi connectivity index (χ4v) is 3.02. The smallest absolute Gasteiger partial charge is 0.275 e. The number of aromatic nitrogens is 2. The molecule has 1 aliphatic heterocycles. The van der Waals surface area contributed by atoms with Crippen molar-refractivity contribution in [1.29, 1.82) is 0 Å². The first-order chi connectivity index (χ1) is 12.3. The van der Waals surface area contributed by atoms with Crippen LogP contribution in [-0.2, 0) is 16.2 Å². The molecule has 0 unspecified atom stereocenters. The molecule has 0 radical (unpaired) electrons. The number of para-hydroxylation sites is 2. The first-order valence-corrected chi connectivity index (χ1v) is 8.30. The van der Waals surface area contributed by atoms with E-state index in [2.05, 4.69) is 15.5 Å². The number of amides is 1. The van der Waals surface area contributed by atoms with Gasteiger partial charge in [0.1, 0.15) is 5.71 Å². The van der Waals surface area contributed by atoms with Crippen LogP contribution in [0.25, 0.3) is 11.0 Å². The van der Waals surface area contributed by atoms with E-state index in [1.807, 2.05) is 66.1 Å². The third-order valence-electron chi connectivity index (χ3n) is 4.30. The van der Waals surface area contributed by atoms with Crippen molar-refractivity contribution in [3.63, 3.8) is 0 Å². The number of anilines is 1. The molecule has 0 fully saturated rings. The average molecular weight is 334 g/mol. The number of rotatable bonds is 4. The minimum absolute atomic E-state index is 0.216. The lowest BCUT2D eigenvalue weighted by atomic mass is 10.0. The molecular weight excluding hydrogens is 316 g/mol. The zero-order chi connectivity index (χ0) is 17.2. The number of nitrogens with one attached hydrogen (secondary N) is 1. The standard InChI is InChI=1S/C19H18N4O2/c1-2-23-16-11-7-6-10-14(16)20-19(23)21-18(24)15-12-17(25-22-15)13-8-4-3-5-9-13/h3-11,17H,2,12H2,1H3,(H,20,21,24)/t17-/m0/s1. The fraction of sp³-hybridized carbons (Fsp3) is 0.211. The number of fused-ring (bicyclic) bond motifs is 1. The van der Waals surface area contributed by atoms with Gasteiger partial charge < -0.3 is 9.40 Å². The van der Waals surface area contributed by atoms with Gasteiger partial charge in [-0.3, -0.25) is 10.1 Å². The van der Waals surface area contributed by atoms with E-state index in [4.69, 9.17) is 4.84 Å². The topological polar surface area (TPSA) is 68.5 Å². The average Bonchev–Trinajstić information content (AvgIpc) is 3.27. The summed E-state index contributed by atoms with van der Waals surface area (Å²) in [6.07, 6.45) is 0.231. The lowest BCUT2D eigenvalue weighted by Gasteiger charge is -2.08. The summed E-state index contributed by atoms with van der Waals surface area (Å²) in [5, 5.41) is 6.83. The molecule has 0 bridgehead atoms. The predicted octanol–water partition coefficient (Wildman–Crippen LogP) is 3.51. The maximum absolute atomic E-state index is 12.6. The molecule has 1 aliphatic rings. The Hall–Kier alpha value is -3.15. The van der Waals surface area contributed by atoms with Gasteiger partial charge in [-0.25, -0.2) is 4.98 Å². The Kier molecular flexibility index (Phi) is 3.93. The molecule has 2 aromatic carbocycles. The van der Waals surface area contributed by atoms with Crippen molar-refractivity contribution >= 4 is 28.6 Å². The lowest BCUT2D eigenvalue weighted by molar-refractivity contribution is -0.110.